The number of para-hydroxylation sites is 2. The molecule has 0 atom stereocenters. The van der Waals surface area contributed by atoms with E-state index in [0.717, 1.165) is 0 Å². The van der Waals surface area contributed by atoms with Gasteiger partial charge >= 0.3 is 0 Å². The van der Waals surface area contributed by atoms with Crippen molar-refractivity contribution in [3.8, 4) is 27.9 Å². The maximum absolute atomic E-state index is 2.37. The zero-order valence-corrected chi connectivity index (χ0v) is 29.2. The molecule has 0 spiro atoms. The van der Waals surface area contributed by atoms with Gasteiger partial charge in [-0.2, -0.15) is 0 Å². The highest BCUT2D eigenvalue weighted by molar-refractivity contribution is 7.25. The zero-order chi connectivity index (χ0) is 34.4. The third-order valence-corrected chi connectivity index (χ3v) is 11.3. The Morgan fingerprint density at radius 3 is 1.77 bits per heavy atom. The molecule has 0 radical (unpaired) electrons. The summed E-state index contributed by atoms with van der Waals surface area (Å²) in [6.45, 7) is 0. The van der Waals surface area contributed by atoms with Crippen molar-refractivity contribution in [1.29, 1.82) is 0 Å². The average molecular weight is 680 g/mol. The van der Waals surface area contributed by atoms with E-state index in [1.807, 2.05) is 11.3 Å². The Morgan fingerprint density at radius 2 is 1.00 bits per heavy atom. The lowest BCUT2D eigenvalue weighted by molar-refractivity contribution is 1.18. The van der Waals surface area contributed by atoms with Crippen molar-refractivity contribution in [2.75, 3.05) is 0 Å². The van der Waals surface area contributed by atoms with Crippen molar-refractivity contribution in [3.63, 3.8) is 0 Å². The molecule has 8 aromatic carbocycles. The fraction of sp³-hybridized carbons (Fsp3) is 0. The molecule has 2 heterocycles. The topological polar surface area (TPSA) is 4.93 Å². The van der Waals surface area contributed by atoms with Gasteiger partial charge in [0.1, 0.15) is 0 Å². The number of fused-ring (bicyclic) bond motifs is 6. The molecule has 0 unspecified atom stereocenters. The molecule has 0 aliphatic heterocycles. The predicted octanol–water partition coefficient (Wildman–Crippen LogP) is 14.1. The fourth-order valence-corrected chi connectivity index (χ4v) is 8.78. The number of hydrogen-bond acceptors (Lipinski definition) is 1. The lowest BCUT2D eigenvalue weighted by Crippen LogP contribution is -1.92. The molecule has 0 amide bonds. The fourth-order valence-electron chi connectivity index (χ4n) is 7.65. The van der Waals surface area contributed by atoms with E-state index < -0.39 is 0 Å². The summed E-state index contributed by atoms with van der Waals surface area (Å²) in [5.41, 5.74) is 13.4. The Bertz CT molecular complexity index is 2910. The maximum Gasteiger partial charge on any atom is 0.0541 e. The number of rotatable bonds is 6. The molecule has 1 nitrogen and oxygen atoms in total. The third-order valence-electron chi connectivity index (χ3n) is 10.2. The van der Waals surface area contributed by atoms with Gasteiger partial charge in [0, 0.05) is 36.6 Å². The van der Waals surface area contributed by atoms with Gasteiger partial charge in [-0.3, -0.25) is 0 Å². The Hall–Kier alpha value is -6.48. The molecule has 244 valence electrons. The van der Waals surface area contributed by atoms with Crippen LogP contribution in [-0.2, 0) is 0 Å². The Labute approximate surface area is 307 Å². The smallest absolute Gasteiger partial charge is 0.0541 e. The molecule has 2 heteroatoms. The normalized spacial score (nSPS) is 12.0. The predicted molar refractivity (Wildman–Crippen MR) is 224 cm³/mol. The van der Waals surface area contributed by atoms with Gasteiger partial charge in [-0.1, -0.05) is 146 Å². The molecule has 10 rings (SSSR count). The van der Waals surface area contributed by atoms with Gasteiger partial charge in [0.15, 0.2) is 0 Å². The van der Waals surface area contributed by atoms with Gasteiger partial charge in [-0.15, -0.1) is 11.3 Å². The molecule has 52 heavy (non-hydrogen) atoms. The van der Waals surface area contributed by atoms with Gasteiger partial charge in [-0.25, -0.2) is 0 Å². The van der Waals surface area contributed by atoms with Crippen LogP contribution < -0.4 is 0 Å². The van der Waals surface area contributed by atoms with Gasteiger partial charge in [0.2, 0.25) is 0 Å². The quantitative estimate of drug-likeness (QED) is 0.154. The van der Waals surface area contributed by atoms with Crippen molar-refractivity contribution >= 4 is 65.0 Å². The highest BCUT2D eigenvalue weighted by Gasteiger charge is 2.14. The minimum Gasteiger partial charge on any atom is -0.309 e. The van der Waals surface area contributed by atoms with Crippen LogP contribution in [0.2, 0.25) is 0 Å². The third kappa shape index (κ3) is 5.33. The molecular weight excluding hydrogens is 647 g/mol. The molecule has 0 saturated heterocycles. The standard InChI is InChI=1S/C50H33NS/c1-4-12-34(13-5-1)30-44(37-14-6-2-7-15-37)40-26-29-49-46(32-40)43-27-24-39(33-50(43)52-49)36-22-20-35(21-23-36)38-25-28-48-45(31-38)42-18-10-11-19-47(42)51(48)41-16-8-3-9-17-41/h1-33H/b44-30+. The second kappa shape index (κ2) is 12.7. The molecular formula is C50H33NS. The number of aromatic nitrogens is 1. The van der Waals surface area contributed by atoms with Crippen LogP contribution >= 0.6 is 11.3 Å². The van der Waals surface area contributed by atoms with E-state index >= 15 is 0 Å². The maximum atomic E-state index is 2.37. The van der Waals surface area contributed by atoms with Crippen molar-refractivity contribution < 1.29 is 0 Å². The summed E-state index contributed by atoms with van der Waals surface area (Å²) in [4.78, 5) is 0. The van der Waals surface area contributed by atoms with E-state index in [1.165, 1.54) is 92.2 Å². The average Bonchev–Trinajstić information content (AvgIpc) is 3.75. The van der Waals surface area contributed by atoms with Crippen molar-refractivity contribution in [2.24, 2.45) is 0 Å². The first-order valence-corrected chi connectivity index (χ1v) is 18.6. The summed E-state index contributed by atoms with van der Waals surface area (Å²) in [5.74, 6) is 0. The minimum absolute atomic E-state index is 1.18. The first-order chi connectivity index (χ1) is 25.8. The van der Waals surface area contributed by atoms with Gasteiger partial charge in [0.05, 0.1) is 11.0 Å². The lowest BCUT2D eigenvalue weighted by Gasteiger charge is -2.10. The zero-order valence-electron chi connectivity index (χ0n) is 28.4. The Balaban J connectivity index is 0.992. The first-order valence-electron chi connectivity index (χ1n) is 17.8. The number of benzene rings is 8. The van der Waals surface area contributed by atoms with Crippen molar-refractivity contribution in [3.05, 3.63) is 211 Å². The molecule has 0 saturated carbocycles. The first kappa shape index (κ1) is 30.4. The molecule has 0 N–H and O–H groups in total. The van der Waals surface area contributed by atoms with Gasteiger partial charge in [0.25, 0.3) is 0 Å². The monoisotopic (exact) mass is 679 g/mol. The summed E-state index contributed by atoms with van der Waals surface area (Å²) in [6.07, 6.45) is 2.30. The van der Waals surface area contributed by atoms with E-state index in [-0.39, 0.29) is 0 Å². The molecule has 2 aromatic heterocycles. The highest BCUT2D eigenvalue weighted by Crippen LogP contribution is 2.40. The van der Waals surface area contributed by atoms with Crippen LogP contribution in [0.1, 0.15) is 16.7 Å². The molecule has 0 fully saturated rings. The molecule has 0 aliphatic rings. The SMILES string of the molecule is C(=C(/c1ccccc1)c1ccc2sc3cc(-c4ccc(-c5ccc6c(c5)c5ccccc5n6-c5ccccc5)cc4)ccc3c2c1)/c1ccccc1. The molecule has 0 aliphatic carbocycles. The summed E-state index contributed by atoms with van der Waals surface area (Å²) in [5, 5.41) is 5.15. The van der Waals surface area contributed by atoms with E-state index in [9.17, 15) is 0 Å². The Morgan fingerprint density at radius 1 is 0.385 bits per heavy atom. The van der Waals surface area contributed by atoms with Crippen LogP contribution in [0.25, 0.3) is 81.6 Å². The van der Waals surface area contributed by atoms with E-state index in [4.69, 9.17) is 0 Å². The summed E-state index contributed by atoms with van der Waals surface area (Å²) >= 11 is 1.87. The van der Waals surface area contributed by atoms with E-state index in [1.54, 1.807) is 0 Å². The largest absolute Gasteiger partial charge is 0.309 e. The van der Waals surface area contributed by atoms with E-state index in [0.29, 0.717) is 0 Å². The van der Waals surface area contributed by atoms with Gasteiger partial charge < -0.3 is 4.57 Å². The summed E-state index contributed by atoms with van der Waals surface area (Å²) in [7, 11) is 0. The molecule has 10 aromatic rings. The number of nitrogens with zero attached hydrogens (tertiary/aromatic N) is 1. The highest BCUT2D eigenvalue weighted by atomic mass is 32.1. The Kier molecular flexibility index (Phi) is 7.41. The van der Waals surface area contributed by atoms with Crippen LogP contribution in [0.15, 0.2) is 194 Å². The summed E-state index contributed by atoms with van der Waals surface area (Å²) in [6, 6.07) is 70.5. The van der Waals surface area contributed by atoms with Crippen molar-refractivity contribution in [2.45, 2.75) is 0 Å². The number of thiophene rings is 1. The van der Waals surface area contributed by atoms with Gasteiger partial charge in [-0.05, 0) is 99.1 Å². The molecule has 0 bridgehead atoms. The van der Waals surface area contributed by atoms with E-state index in [2.05, 4.69) is 205 Å². The van der Waals surface area contributed by atoms with Crippen LogP contribution in [0.4, 0.5) is 0 Å². The van der Waals surface area contributed by atoms with Crippen LogP contribution in [0.5, 0.6) is 0 Å². The second-order valence-electron chi connectivity index (χ2n) is 13.4. The summed E-state index contributed by atoms with van der Waals surface area (Å²) < 4.78 is 4.98. The number of hydrogen-bond donors (Lipinski definition) is 0. The van der Waals surface area contributed by atoms with Crippen LogP contribution in [-0.4, -0.2) is 4.57 Å². The van der Waals surface area contributed by atoms with Crippen LogP contribution in [0, 0.1) is 0 Å². The van der Waals surface area contributed by atoms with Crippen molar-refractivity contribution in [1.82, 2.24) is 4.57 Å². The minimum atomic E-state index is 1.18. The van der Waals surface area contributed by atoms with Crippen LogP contribution in [0.3, 0.4) is 0 Å². The second-order valence-corrected chi connectivity index (χ2v) is 14.4. The lowest BCUT2D eigenvalue weighted by atomic mass is 9.94.